The van der Waals surface area contributed by atoms with Gasteiger partial charge in [0.25, 0.3) is 5.91 Å². The number of ether oxygens (including phenoxy) is 2. The van der Waals surface area contributed by atoms with Gasteiger partial charge in [-0.2, -0.15) is 0 Å². The highest BCUT2D eigenvalue weighted by Crippen LogP contribution is 2.18. The molecule has 2 aromatic rings. The second kappa shape index (κ2) is 8.70. The Morgan fingerprint density at radius 1 is 1.13 bits per heavy atom. The van der Waals surface area contributed by atoms with Crippen molar-refractivity contribution in [2.75, 3.05) is 32.7 Å². The molecule has 0 saturated heterocycles. The number of carbonyl (C=O) groups is 1. The number of nitrogens with one attached hydrogen (secondary N) is 2. The van der Waals surface area contributed by atoms with Crippen LogP contribution in [0.25, 0.3) is 0 Å². The topological polar surface area (TPSA) is 85.4 Å². The minimum absolute atomic E-state index is 0.268. The molecule has 1 aromatic heterocycles. The molecule has 2 N–H and O–H groups in total. The van der Waals surface area contributed by atoms with Gasteiger partial charge >= 0.3 is 0 Å². The van der Waals surface area contributed by atoms with Crippen LogP contribution in [0.5, 0.6) is 5.75 Å². The van der Waals surface area contributed by atoms with Gasteiger partial charge in [0.2, 0.25) is 0 Å². The first-order valence-electron chi connectivity index (χ1n) is 7.21. The van der Waals surface area contributed by atoms with Crippen LogP contribution in [-0.2, 0) is 11.3 Å². The summed E-state index contributed by atoms with van der Waals surface area (Å²) in [5, 5.41) is 13.8. The molecule has 122 valence electrons. The highest BCUT2D eigenvalue weighted by molar-refractivity contribution is 5.92. The van der Waals surface area contributed by atoms with E-state index in [2.05, 4.69) is 20.8 Å². The number of amides is 1. The number of benzene rings is 1. The molecular formula is C16H20N4O3. The monoisotopic (exact) mass is 316 g/mol. The van der Waals surface area contributed by atoms with E-state index < -0.39 is 0 Å². The van der Waals surface area contributed by atoms with Crippen molar-refractivity contribution in [3.05, 3.63) is 47.7 Å². The number of nitrogens with zero attached hydrogens (tertiary/aromatic N) is 2. The normalized spacial score (nSPS) is 10.2. The summed E-state index contributed by atoms with van der Waals surface area (Å²) >= 11 is 0. The van der Waals surface area contributed by atoms with E-state index in [1.807, 2.05) is 24.3 Å². The molecule has 23 heavy (non-hydrogen) atoms. The van der Waals surface area contributed by atoms with Crippen LogP contribution in [0.1, 0.15) is 16.1 Å². The third-order valence-electron chi connectivity index (χ3n) is 3.14. The maximum atomic E-state index is 11.8. The predicted octanol–water partition coefficient (Wildman–Crippen LogP) is 1.47. The first-order chi connectivity index (χ1) is 11.2. The van der Waals surface area contributed by atoms with Crippen LogP contribution in [-0.4, -0.2) is 43.5 Å². The van der Waals surface area contributed by atoms with E-state index in [4.69, 9.17) is 9.47 Å². The molecule has 2 rings (SSSR count). The summed E-state index contributed by atoms with van der Waals surface area (Å²) < 4.78 is 10.2. The van der Waals surface area contributed by atoms with Crippen molar-refractivity contribution >= 4 is 11.7 Å². The van der Waals surface area contributed by atoms with Crippen LogP contribution in [0.4, 0.5) is 5.82 Å². The third kappa shape index (κ3) is 4.93. The number of aromatic nitrogens is 2. The fourth-order valence-corrected chi connectivity index (χ4v) is 1.94. The summed E-state index contributed by atoms with van der Waals surface area (Å²) in [6, 6.07) is 11.1. The van der Waals surface area contributed by atoms with Crippen LogP contribution in [0.2, 0.25) is 0 Å². The molecule has 1 aromatic carbocycles. The smallest absolute Gasteiger partial charge is 0.271 e. The molecule has 0 aliphatic heterocycles. The van der Waals surface area contributed by atoms with E-state index in [1.54, 1.807) is 26.4 Å². The standard InChI is InChI=1S/C16H20N4O3/c1-22-10-9-17-16(21)13-7-8-15(20-19-13)18-11-12-5-3-4-6-14(12)23-2/h3-8H,9-11H2,1-2H3,(H,17,21)(H,18,20). The minimum Gasteiger partial charge on any atom is -0.496 e. The number of anilines is 1. The second-order valence-electron chi connectivity index (χ2n) is 4.72. The zero-order valence-electron chi connectivity index (χ0n) is 13.2. The Balaban J connectivity index is 1.91. The maximum absolute atomic E-state index is 11.8. The Morgan fingerprint density at radius 2 is 1.96 bits per heavy atom. The van der Waals surface area contributed by atoms with E-state index in [0.29, 0.717) is 25.5 Å². The number of hydrogen-bond acceptors (Lipinski definition) is 6. The number of para-hydroxylation sites is 1. The molecule has 0 fully saturated rings. The zero-order valence-corrected chi connectivity index (χ0v) is 13.2. The molecular weight excluding hydrogens is 296 g/mol. The maximum Gasteiger partial charge on any atom is 0.271 e. The van der Waals surface area contributed by atoms with Gasteiger partial charge in [-0.15, -0.1) is 10.2 Å². The molecule has 0 saturated carbocycles. The Bertz CT molecular complexity index is 631. The lowest BCUT2D eigenvalue weighted by Gasteiger charge is -2.09. The van der Waals surface area contributed by atoms with Gasteiger partial charge in [-0.3, -0.25) is 4.79 Å². The lowest BCUT2D eigenvalue weighted by molar-refractivity contribution is 0.0931. The van der Waals surface area contributed by atoms with E-state index in [-0.39, 0.29) is 11.6 Å². The van der Waals surface area contributed by atoms with Crippen molar-refractivity contribution < 1.29 is 14.3 Å². The SMILES string of the molecule is COCCNC(=O)c1ccc(NCc2ccccc2OC)nn1. The number of methoxy groups -OCH3 is 2. The van der Waals surface area contributed by atoms with Crippen molar-refractivity contribution in [2.24, 2.45) is 0 Å². The zero-order chi connectivity index (χ0) is 16.5. The molecule has 0 aliphatic carbocycles. The van der Waals surface area contributed by atoms with Crippen molar-refractivity contribution in [1.29, 1.82) is 0 Å². The van der Waals surface area contributed by atoms with Gasteiger partial charge in [-0.1, -0.05) is 18.2 Å². The lowest BCUT2D eigenvalue weighted by atomic mass is 10.2. The molecule has 0 atom stereocenters. The first kappa shape index (κ1) is 16.7. The van der Waals surface area contributed by atoms with Crippen LogP contribution in [0.15, 0.2) is 36.4 Å². The number of carbonyl (C=O) groups excluding carboxylic acids is 1. The van der Waals surface area contributed by atoms with Gasteiger partial charge in [0, 0.05) is 25.8 Å². The van der Waals surface area contributed by atoms with E-state index in [1.165, 1.54) is 0 Å². The summed E-state index contributed by atoms with van der Waals surface area (Å²) in [7, 11) is 3.21. The average Bonchev–Trinajstić information content (AvgIpc) is 2.60. The Kier molecular flexibility index (Phi) is 6.31. The fourth-order valence-electron chi connectivity index (χ4n) is 1.94. The summed E-state index contributed by atoms with van der Waals surface area (Å²) in [6.45, 7) is 1.45. The van der Waals surface area contributed by atoms with Crippen LogP contribution >= 0.6 is 0 Å². The Hall–Kier alpha value is -2.67. The Labute approximate surface area is 135 Å². The third-order valence-corrected chi connectivity index (χ3v) is 3.14. The predicted molar refractivity (Wildman–Crippen MR) is 86.6 cm³/mol. The molecule has 0 bridgehead atoms. The van der Waals surface area contributed by atoms with Crippen LogP contribution in [0.3, 0.4) is 0 Å². The number of hydrogen-bond donors (Lipinski definition) is 2. The van der Waals surface area contributed by atoms with Gasteiger partial charge in [0.15, 0.2) is 5.69 Å². The average molecular weight is 316 g/mol. The minimum atomic E-state index is -0.272. The van der Waals surface area contributed by atoms with Gasteiger partial charge in [-0.05, 0) is 18.2 Å². The molecule has 1 amide bonds. The van der Waals surface area contributed by atoms with E-state index in [0.717, 1.165) is 11.3 Å². The highest BCUT2D eigenvalue weighted by Gasteiger charge is 2.08. The summed E-state index contributed by atoms with van der Waals surface area (Å²) in [5.41, 5.74) is 1.28. The molecule has 0 unspecified atom stereocenters. The quantitative estimate of drug-likeness (QED) is 0.718. The van der Waals surface area contributed by atoms with Crippen molar-refractivity contribution in [2.45, 2.75) is 6.54 Å². The second-order valence-corrected chi connectivity index (χ2v) is 4.72. The largest absolute Gasteiger partial charge is 0.496 e. The van der Waals surface area contributed by atoms with Gasteiger partial charge < -0.3 is 20.1 Å². The number of rotatable bonds is 8. The van der Waals surface area contributed by atoms with Crippen LogP contribution < -0.4 is 15.4 Å². The molecule has 0 aliphatic rings. The van der Waals surface area contributed by atoms with Gasteiger partial charge in [0.05, 0.1) is 13.7 Å². The summed E-state index contributed by atoms with van der Waals surface area (Å²) in [6.07, 6.45) is 0. The van der Waals surface area contributed by atoms with E-state index in [9.17, 15) is 4.79 Å². The van der Waals surface area contributed by atoms with Crippen molar-refractivity contribution in [3.8, 4) is 5.75 Å². The van der Waals surface area contributed by atoms with Gasteiger partial charge in [0.1, 0.15) is 11.6 Å². The molecule has 0 radical (unpaired) electrons. The molecule has 7 nitrogen and oxygen atoms in total. The highest BCUT2D eigenvalue weighted by atomic mass is 16.5. The van der Waals surface area contributed by atoms with Crippen molar-refractivity contribution in [1.82, 2.24) is 15.5 Å². The van der Waals surface area contributed by atoms with Crippen LogP contribution in [0, 0.1) is 0 Å². The summed E-state index contributed by atoms with van der Waals surface area (Å²) in [4.78, 5) is 11.8. The molecule has 7 heteroatoms. The van der Waals surface area contributed by atoms with Crippen molar-refractivity contribution in [3.63, 3.8) is 0 Å². The first-order valence-corrected chi connectivity index (χ1v) is 7.21. The van der Waals surface area contributed by atoms with Gasteiger partial charge in [-0.25, -0.2) is 0 Å². The fraction of sp³-hybridized carbons (Fsp3) is 0.312. The molecule has 1 heterocycles. The summed E-state index contributed by atoms with van der Waals surface area (Å²) in [5.74, 6) is 1.12. The Morgan fingerprint density at radius 3 is 2.65 bits per heavy atom. The molecule has 0 spiro atoms. The van der Waals surface area contributed by atoms with E-state index >= 15 is 0 Å². The lowest BCUT2D eigenvalue weighted by Crippen LogP contribution is -2.27.